The van der Waals surface area contributed by atoms with Gasteiger partial charge in [-0.15, -0.1) is 0 Å². The first-order chi connectivity index (χ1) is 16.3. The van der Waals surface area contributed by atoms with E-state index in [1.165, 1.54) is 29.4 Å². The summed E-state index contributed by atoms with van der Waals surface area (Å²) in [7, 11) is 0. The molecule has 2 saturated heterocycles. The lowest BCUT2D eigenvalue weighted by Gasteiger charge is -2.30. The molecule has 0 saturated carbocycles. The maximum Gasteiger partial charge on any atom is 0.271 e. The molecule has 3 aliphatic rings. The topological polar surface area (TPSA) is 125 Å². The summed E-state index contributed by atoms with van der Waals surface area (Å²) in [4.78, 5) is 52.2. The van der Waals surface area contributed by atoms with Crippen LogP contribution in [0.1, 0.15) is 5.56 Å². The molecule has 2 aromatic carbocycles. The van der Waals surface area contributed by atoms with Gasteiger partial charge in [-0.2, -0.15) is 5.10 Å². The Morgan fingerprint density at radius 1 is 1.12 bits per heavy atom. The fourth-order valence-electron chi connectivity index (χ4n) is 4.78. The van der Waals surface area contributed by atoms with Crippen LogP contribution in [0.2, 0.25) is 5.02 Å². The van der Waals surface area contributed by atoms with Crippen LogP contribution in [0.25, 0.3) is 0 Å². The van der Waals surface area contributed by atoms with Crippen LogP contribution >= 0.6 is 11.6 Å². The molecular weight excluding hydrogens is 462 g/mol. The van der Waals surface area contributed by atoms with Crippen molar-refractivity contribution in [3.63, 3.8) is 0 Å². The van der Waals surface area contributed by atoms with Gasteiger partial charge >= 0.3 is 0 Å². The van der Waals surface area contributed by atoms with Gasteiger partial charge in [-0.1, -0.05) is 23.7 Å². The molecule has 0 aliphatic carbocycles. The normalized spacial score (nSPS) is 24.9. The Bertz CT molecular complexity index is 1290. The fraction of sp³-hybridized carbons (Fsp3) is 0.217. The molecule has 0 radical (unpaired) electrons. The van der Waals surface area contributed by atoms with Gasteiger partial charge in [0.1, 0.15) is 6.04 Å². The fourth-order valence-corrected chi connectivity index (χ4v) is 4.90. The maximum absolute atomic E-state index is 13.6. The number of amides is 3. The molecule has 5 rings (SSSR count). The molecular formula is C23H18ClN5O5. The minimum Gasteiger partial charge on any atom is -0.324 e. The molecule has 1 N–H and O–H groups in total. The highest BCUT2D eigenvalue weighted by atomic mass is 35.5. The van der Waals surface area contributed by atoms with E-state index in [1.54, 1.807) is 43.3 Å². The van der Waals surface area contributed by atoms with Crippen LogP contribution in [0.4, 0.5) is 17.1 Å². The van der Waals surface area contributed by atoms with Crippen LogP contribution in [0.3, 0.4) is 0 Å². The minimum atomic E-state index is -1.05. The van der Waals surface area contributed by atoms with Gasteiger partial charge in [0.2, 0.25) is 17.7 Å². The molecule has 4 atom stereocenters. The average molecular weight is 480 g/mol. The second kappa shape index (κ2) is 8.07. The molecule has 3 aliphatic heterocycles. The molecule has 0 aromatic heterocycles. The van der Waals surface area contributed by atoms with Gasteiger partial charge in [-0.25, -0.2) is 4.90 Å². The molecule has 34 heavy (non-hydrogen) atoms. The number of nitro benzene ring substituents is 1. The monoisotopic (exact) mass is 479 g/mol. The number of nitrogens with one attached hydrogen (secondary N) is 1. The van der Waals surface area contributed by atoms with E-state index in [4.69, 9.17) is 11.6 Å². The number of nitrogens with zero attached hydrogens (tertiary/aromatic N) is 4. The molecule has 3 amide bonds. The summed E-state index contributed by atoms with van der Waals surface area (Å²) in [6.07, 6.45) is 4.89. The molecule has 0 bridgehead atoms. The van der Waals surface area contributed by atoms with Crippen molar-refractivity contribution in [1.29, 1.82) is 0 Å². The summed E-state index contributed by atoms with van der Waals surface area (Å²) < 4.78 is 0. The summed E-state index contributed by atoms with van der Waals surface area (Å²) in [5, 5.41) is 20.3. The summed E-state index contributed by atoms with van der Waals surface area (Å²) >= 11 is 5.91. The zero-order valence-electron chi connectivity index (χ0n) is 17.8. The third-order valence-corrected chi connectivity index (χ3v) is 6.57. The van der Waals surface area contributed by atoms with E-state index in [9.17, 15) is 24.5 Å². The Morgan fingerprint density at radius 2 is 1.82 bits per heavy atom. The Morgan fingerprint density at radius 3 is 2.53 bits per heavy atom. The molecule has 10 nitrogen and oxygen atoms in total. The number of anilines is 2. The van der Waals surface area contributed by atoms with Crippen molar-refractivity contribution in [2.45, 2.75) is 19.0 Å². The van der Waals surface area contributed by atoms with Gasteiger partial charge in [0.05, 0.1) is 28.5 Å². The third-order valence-electron chi connectivity index (χ3n) is 6.32. The van der Waals surface area contributed by atoms with Crippen LogP contribution in [0.5, 0.6) is 0 Å². The van der Waals surface area contributed by atoms with Crippen LogP contribution in [-0.2, 0) is 14.4 Å². The van der Waals surface area contributed by atoms with E-state index in [2.05, 4.69) is 10.4 Å². The van der Waals surface area contributed by atoms with Gasteiger partial charge < -0.3 is 5.32 Å². The summed E-state index contributed by atoms with van der Waals surface area (Å²) in [6, 6.07) is 8.86. The highest BCUT2D eigenvalue weighted by molar-refractivity contribution is 6.30. The van der Waals surface area contributed by atoms with E-state index in [-0.39, 0.29) is 11.4 Å². The van der Waals surface area contributed by atoms with Crippen LogP contribution in [-0.4, -0.2) is 46.0 Å². The van der Waals surface area contributed by atoms with Gasteiger partial charge in [0.25, 0.3) is 5.69 Å². The zero-order chi connectivity index (χ0) is 24.1. The molecule has 0 unspecified atom stereocenters. The number of rotatable bonds is 4. The number of fused-ring (bicyclic) bond motifs is 3. The number of halogens is 1. The average Bonchev–Trinajstić information content (AvgIpc) is 3.28. The lowest BCUT2D eigenvalue weighted by Crippen LogP contribution is -2.47. The SMILES string of the molecule is Cc1ccc([N+](=O)[O-])cc1N1C(=O)[C@@H]2[C@H](C1=O)[C@@H](C(=O)Nc1ccc(Cl)cc1)N1N=CC=C[C@H]21. The molecule has 0 spiro atoms. The molecule has 172 valence electrons. The molecule has 2 aromatic rings. The molecule has 2 fully saturated rings. The standard InChI is InChI=1S/C23H18ClN5O5/c1-12-4-9-15(29(33)34)11-17(12)27-22(31)18-16-3-2-10-25-28(16)20(19(18)23(27)32)21(30)26-14-7-5-13(24)6-8-14/h2-11,16,18-20H,1H3,(H,26,30)/t16-,18+,19+,20+/m1/s1. The second-order valence-corrected chi connectivity index (χ2v) is 8.69. The number of hydrogen-bond acceptors (Lipinski definition) is 7. The predicted octanol–water partition coefficient (Wildman–Crippen LogP) is 2.91. The van der Waals surface area contributed by atoms with Crippen molar-refractivity contribution in [2.75, 3.05) is 10.2 Å². The number of allylic oxidation sites excluding steroid dienone is 1. The number of non-ortho nitro benzene ring substituents is 1. The van der Waals surface area contributed by atoms with E-state index < -0.39 is 46.6 Å². The van der Waals surface area contributed by atoms with E-state index in [0.717, 1.165) is 4.90 Å². The first-order valence-corrected chi connectivity index (χ1v) is 10.8. The third kappa shape index (κ3) is 3.34. The number of carbonyl (C=O) groups excluding carboxylic acids is 3. The number of nitro groups is 1. The van der Waals surface area contributed by atoms with Crippen LogP contribution in [0, 0.1) is 28.9 Å². The number of hydrazone groups is 1. The smallest absolute Gasteiger partial charge is 0.271 e. The van der Waals surface area contributed by atoms with Crippen molar-refractivity contribution in [2.24, 2.45) is 16.9 Å². The summed E-state index contributed by atoms with van der Waals surface area (Å²) in [5.41, 5.74) is 0.918. The number of aryl methyl sites for hydroxylation is 1. The summed E-state index contributed by atoms with van der Waals surface area (Å²) in [6.45, 7) is 1.66. The predicted molar refractivity (Wildman–Crippen MR) is 124 cm³/mol. The van der Waals surface area contributed by atoms with Crippen molar-refractivity contribution >= 4 is 52.6 Å². The van der Waals surface area contributed by atoms with Crippen LogP contribution in [0.15, 0.2) is 59.7 Å². The number of imide groups is 1. The number of hydrogen-bond donors (Lipinski definition) is 1. The quantitative estimate of drug-likeness (QED) is 0.408. The van der Waals surface area contributed by atoms with Crippen molar-refractivity contribution in [3.05, 3.63) is 75.3 Å². The maximum atomic E-state index is 13.6. The largest absolute Gasteiger partial charge is 0.324 e. The highest BCUT2D eigenvalue weighted by Gasteiger charge is 2.64. The first-order valence-electron chi connectivity index (χ1n) is 10.5. The Kier molecular flexibility index (Phi) is 5.17. The summed E-state index contributed by atoms with van der Waals surface area (Å²) in [5.74, 6) is -3.47. The minimum absolute atomic E-state index is 0.144. The van der Waals surface area contributed by atoms with E-state index in [0.29, 0.717) is 16.3 Å². The van der Waals surface area contributed by atoms with Crippen LogP contribution < -0.4 is 10.2 Å². The first kappa shape index (κ1) is 21.8. The second-order valence-electron chi connectivity index (χ2n) is 8.25. The van der Waals surface area contributed by atoms with Gasteiger partial charge in [-0.3, -0.25) is 29.5 Å². The van der Waals surface area contributed by atoms with Gasteiger partial charge in [0.15, 0.2) is 0 Å². The van der Waals surface area contributed by atoms with Crippen molar-refractivity contribution in [3.8, 4) is 0 Å². The lowest BCUT2D eigenvalue weighted by atomic mass is 9.88. The molecule has 11 heteroatoms. The van der Waals surface area contributed by atoms with Gasteiger partial charge in [0, 0.05) is 29.1 Å². The number of carbonyl (C=O) groups is 3. The lowest BCUT2D eigenvalue weighted by molar-refractivity contribution is -0.384. The highest BCUT2D eigenvalue weighted by Crippen LogP contribution is 2.46. The number of benzene rings is 2. The van der Waals surface area contributed by atoms with E-state index >= 15 is 0 Å². The molecule has 3 heterocycles. The van der Waals surface area contributed by atoms with E-state index in [1.807, 2.05) is 0 Å². The Labute approximate surface area is 198 Å². The van der Waals surface area contributed by atoms with Crippen molar-refractivity contribution in [1.82, 2.24) is 5.01 Å². The zero-order valence-corrected chi connectivity index (χ0v) is 18.5. The van der Waals surface area contributed by atoms with Gasteiger partial charge in [-0.05, 0) is 42.8 Å². The Hall–Kier alpha value is -4.05. The Balaban J connectivity index is 1.53. The van der Waals surface area contributed by atoms with Crippen molar-refractivity contribution < 1.29 is 19.3 Å².